The number of rotatable bonds is 4. The number of carbonyl (C=O) groups excluding carboxylic acids is 1. The lowest BCUT2D eigenvalue weighted by Gasteiger charge is -2.39. The number of nitrogens with one attached hydrogen (secondary N) is 1. The van der Waals surface area contributed by atoms with Crippen LogP contribution in [0.2, 0.25) is 0 Å². The third-order valence-electron chi connectivity index (χ3n) is 4.29. The summed E-state index contributed by atoms with van der Waals surface area (Å²) in [6.07, 6.45) is 5.18. The number of hydrogen-bond acceptors (Lipinski definition) is 2. The number of aliphatic carboxylic acids is 1. The molecule has 1 saturated carbocycles. The van der Waals surface area contributed by atoms with Gasteiger partial charge in [0.1, 0.15) is 0 Å². The van der Waals surface area contributed by atoms with E-state index in [2.05, 4.69) is 12.2 Å². The number of likely N-dealkylation sites (tertiary alicyclic amines) is 1. The lowest BCUT2D eigenvalue weighted by Crippen LogP contribution is -2.54. The zero-order valence-corrected chi connectivity index (χ0v) is 11.6. The largest absolute Gasteiger partial charge is 0.481 e. The molecule has 2 unspecified atom stereocenters. The molecule has 2 fully saturated rings. The van der Waals surface area contributed by atoms with Crippen molar-refractivity contribution in [2.45, 2.75) is 39.0 Å². The van der Waals surface area contributed by atoms with Crippen molar-refractivity contribution in [3.8, 4) is 0 Å². The molecule has 2 atom stereocenters. The zero-order chi connectivity index (χ0) is 13.8. The third kappa shape index (κ3) is 4.11. The van der Waals surface area contributed by atoms with Crippen molar-refractivity contribution < 1.29 is 14.7 Å². The van der Waals surface area contributed by atoms with Crippen molar-refractivity contribution in [1.82, 2.24) is 10.2 Å². The Labute approximate surface area is 114 Å². The SMILES string of the molecule is CC1CCCC(CNC(=O)N2CC(CC(=O)O)C2)C1. The number of urea groups is 1. The van der Waals surface area contributed by atoms with Gasteiger partial charge in [0.25, 0.3) is 0 Å². The van der Waals surface area contributed by atoms with Gasteiger partial charge in [-0.25, -0.2) is 4.79 Å². The second-order valence-electron chi connectivity index (χ2n) is 6.19. The number of hydrogen-bond donors (Lipinski definition) is 2. The van der Waals surface area contributed by atoms with Gasteiger partial charge < -0.3 is 15.3 Å². The molecular weight excluding hydrogens is 244 g/mol. The van der Waals surface area contributed by atoms with Crippen LogP contribution in [0.4, 0.5) is 4.79 Å². The Morgan fingerprint density at radius 3 is 2.63 bits per heavy atom. The summed E-state index contributed by atoms with van der Waals surface area (Å²) in [5, 5.41) is 11.6. The Kier molecular flexibility index (Phi) is 4.66. The van der Waals surface area contributed by atoms with Gasteiger partial charge >= 0.3 is 12.0 Å². The standard InChI is InChI=1S/C14H24N2O3/c1-10-3-2-4-11(5-10)7-15-14(19)16-8-12(9-16)6-13(17)18/h10-12H,2-9H2,1H3,(H,15,19)(H,17,18). The summed E-state index contributed by atoms with van der Waals surface area (Å²) in [5.41, 5.74) is 0. The van der Waals surface area contributed by atoms with Crippen LogP contribution in [0.5, 0.6) is 0 Å². The minimum atomic E-state index is -0.777. The molecule has 2 rings (SSSR count). The molecule has 2 N–H and O–H groups in total. The molecule has 0 aromatic carbocycles. The van der Waals surface area contributed by atoms with Gasteiger partial charge in [0, 0.05) is 25.6 Å². The quantitative estimate of drug-likeness (QED) is 0.818. The third-order valence-corrected chi connectivity index (χ3v) is 4.29. The summed E-state index contributed by atoms with van der Waals surface area (Å²) in [6, 6.07) is -0.0279. The zero-order valence-electron chi connectivity index (χ0n) is 11.6. The highest BCUT2D eigenvalue weighted by molar-refractivity contribution is 5.75. The maximum atomic E-state index is 11.8. The molecule has 1 aliphatic carbocycles. The molecule has 2 aliphatic rings. The van der Waals surface area contributed by atoms with Crippen LogP contribution in [-0.2, 0) is 4.79 Å². The second kappa shape index (κ2) is 6.26. The summed E-state index contributed by atoms with van der Waals surface area (Å²) in [6.45, 7) is 4.21. The number of carboxylic acid groups (broad SMARTS) is 1. The van der Waals surface area contributed by atoms with Crippen LogP contribution >= 0.6 is 0 Å². The van der Waals surface area contributed by atoms with E-state index in [1.54, 1.807) is 4.90 Å². The normalized spacial score (nSPS) is 27.7. The summed E-state index contributed by atoms with van der Waals surface area (Å²) in [7, 11) is 0. The highest BCUT2D eigenvalue weighted by Crippen LogP contribution is 2.28. The molecule has 19 heavy (non-hydrogen) atoms. The molecule has 0 bridgehead atoms. The molecular formula is C14H24N2O3. The van der Waals surface area contributed by atoms with Gasteiger partial charge in [-0.15, -0.1) is 0 Å². The number of carbonyl (C=O) groups is 2. The predicted molar refractivity (Wildman–Crippen MR) is 71.8 cm³/mol. The molecule has 1 aliphatic heterocycles. The summed E-state index contributed by atoms with van der Waals surface area (Å²) >= 11 is 0. The van der Waals surface area contributed by atoms with Gasteiger partial charge in [0.2, 0.25) is 0 Å². The Bertz CT molecular complexity index is 340. The van der Waals surface area contributed by atoms with Gasteiger partial charge in [-0.1, -0.05) is 19.8 Å². The van der Waals surface area contributed by atoms with Gasteiger partial charge in [-0.3, -0.25) is 4.79 Å². The van der Waals surface area contributed by atoms with Gasteiger partial charge in [-0.2, -0.15) is 0 Å². The van der Waals surface area contributed by atoms with Crippen molar-refractivity contribution in [2.24, 2.45) is 17.8 Å². The van der Waals surface area contributed by atoms with Crippen molar-refractivity contribution in [3.63, 3.8) is 0 Å². The summed E-state index contributed by atoms with van der Waals surface area (Å²) < 4.78 is 0. The maximum absolute atomic E-state index is 11.8. The van der Waals surface area contributed by atoms with Gasteiger partial charge in [-0.05, 0) is 24.7 Å². The predicted octanol–water partition coefficient (Wildman–Crippen LogP) is 1.93. The summed E-state index contributed by atoms with van der Waals surface area (Å²) in [4.78, 5) is 24.1. The fourth-order valence-electron chi connectivity index (χ4n) is 3.20. The Morgan fingerprint density at radius 2 is 2.00 bits per heavy atom. The molecule has 2 amide bonds. The number of nitrogens with zero attached hydrogens (tertiary/aromatic N) is 1. The first-order valence-electron chi connectivity index (χ1n) is 7.29. The first kappa shape index (κ1) is 14.2. The molecule has 5 nitrogen and oxygen atoms in total. The lowest BCUT2D eigenvalue weighted by atomic mass is 9.82. The fraction of sp³-hybridized carbons (Fsp3) is 0.857. The Hall–Kier alpha value is -1.26. The van der Waals surface area contributed by atoms with E-state index in [4.69, 9.17) is 5.11 Å². The molecule has 108 valence electrons. The molecule has 0 spiro atoms. The van der Waals surface area contributed by atoms with Crippen LogP contribution in [0.1, 0.15) is 39.0 Å². The number of amides is 2. The minimum absolute atomic E-state index is 0.0279. The van der Waals surface area contributed by atoms with Crippen molar-refractivity contribution in [1.29, 1.82) is 0 Å². The first-order chi connectivity index (χ1) is 9.04. The van der Waals surface area contributed by atoms with Crippen LogP contribution in [0.15, 0.2) is 0 Å². The van der Waals surface area contributed by atoms with E-state index in [-0.39, 0.29) is 18.4 Å². The van der Waals surface area contributed by atoms with Gasteiger partial charge in [0.15, 0.2) is 0 Å². The minimum Gasteiger partial charge on any atom is -0.481 e. The topological polar surface area (TPSA) is 69.6 Å². The van der Waals surface area contributed by atoms with Crippen molar-refractivity contribution >= 4 is 12.0 Å². The van der Waals surface area contributed by atoms with Crippen LogP contribution in [0, 0.1) is 17.8 Å². The maximum Gasteiger partial charge on any atom is 0.317 e. The van der Waals surface area contributed by atoms with Crippen LogP contribution in [0.25, 0.3) is 0 Å². The van der Waals surface area contributed by atoms with E-state index in [1.807, 2.05) is 0 Å². The van der Waals surface area contributed by atoms with Crippen molar-refractivity contribution in [2.75, 3.05) is 19.6 Å². The van der Waals surface area contributed by atoms with Gasteiger partial charge in [0.05, 0.1) is 6.42 Å². The second-order valence-corrected chi connectivity index (χ2v) is 6.19. The van der Waals surface area contributed by atoms with E-state index < -0.39 is 5.97 Å². The molecule has 1 saturated heterocycles. The van der Waals surface area contributed by atoms with Crippen LogP contribution < -0.4 is 5.32 Å². The van der Waals surface area contributed by atoms with E-state index in [0.717, 1.165) is 12.5 Å². The van der Waals surface area contributed by atoms with Crippen LogP contribution in [0.3, 0.4) is 0 Å². The van der Waals surface area contributed by atoms with Crippen LogP contribution in [-0.4, -0.2) is 41.6 Å². The molecule has 5 heteroatoms. The van der Waals surface area contributed by atoms with E-state index in [9.17, 15) is 9.59 Å². The average Bonchev–Trinajstić information content (AvgIpc) is 2.30. The van der Waals surface area contributed by atoms with E-state index in [1.165, 1.54) is 25.7 Å². The fourth-order valence-corrected chi connectivity index (χ4v) is 3.20. The Balaban J connectivity index is 1.62. The van der Waals surface area contributed by atoms with E-state index in [0.29, 0.717) is 19.0 Å². The molecule has 0 radical (unpaired) electrons. The average molecular weight is 268 g/mol. The van der Waals surface area contributed by atoms with Crippen molar-refractivity contribution in [3.05, 3.63) is 0 Å². The van der Waals surface area contributed by atoms with E-state index >= 15 is 0 Å². The lowest BCUT2D eigenvalue weighted by molar-refractivity contribution is -0.139. The Morgan fingerprint density at radius 1 is 1.26 bits per heavy atom. The highest BCUT2D eigenvalue weighted by atomic mass is 16.4. The molecule has 1 heterocycles. The first-order valence-corrected chi connectivity index (χ1v) is 7.29. The smallest absolute Gasteiger partial charge is 0.317 e. The molecule has 0 aromatic rings. The number of carboxylic acids is 1. The summed E-state index contributed by atoms with van der Waals surface area (Å²) in [5.74, 6) is 0.752. The molecule has 0 aromatic heterocycles. The monoisotopic (exact) mass is 268 g/mol. The highest BCUT2D eigenvalue weighted by Gasteiger charge is 2.32.